The average Bonchev–Trinajstić information content (AvgIpc) is 2.31. The lowest BCUT2D eigenvalue weighted by Crippen LogP contribution is -2.22. The first-order valence-corrected chi connectivity index (χ1v) is 6.42. The highest BCUT2D eigenvalue weighted by Gasteiger charge is 2.16. The molecule has 0 atom stereocenters. The number of benzene rings is 1. The van der Waals surface area contributed by atoms with Crippen LogP contribution < -0.4 is 10.5 Å². The van der Waals surface area contributed by atoms with Gasteiger partial charge < -0.3 is 15.2 Å². The van der Waals surface area contributed by atoms with E-state index < -0.39 is 0 Å². The molecular formula is C14H21NO2. The fourth-order valence-electron chi connectivity index (χ4n) is 1.80. The Morgan fingerprint density at radius 3 is 2.82 bits per heavy atom. The van der Waals surface area contributed by atoms with E-state index in [1.54, 1.807) is 0 Å². The molecule has 0 unspecified atom stereocenters. The zero-order chi connectivity index (χ0) is 11.9. The summed E-state index contributed by atoms with van der Waals surface area (Å²) in [6.07, 6.45) is 5.27. The van der Waals surface area contributed by atoms with E-state index in [9.17, 15) is 0 Å². The SMILES string of the molecule is NCc1cccc(OCCCOC2CCC2)c1. The summed E-state index contributed by atoms with van der Waals surface area (Å²) >= 11 is 0. The largest absolute Gasteiger partial charge is 0.493 e. The predicted octanol–water partition coefficient (Wildman–Crippen LogP) is 2.48. The van der Waals surface area contributed by atoms with Crippen LogP contribution in [0.3, 0.4) is 0 Å². The van der Waals surface area contributed by atoms with Crippen molar-refractivity contribution >= 4 is 0 Å². The minimum atomic E-state index is 0.524. The van der Waals surface area contributed by atoms with Crippen molar-refractivity contribution in [2.75, 3.05) is 13.2 Å². The van der Waals surface area contributed by atoms with Gasteiger partial charge in [0.25, 0.3) is 0 Å². The van der Waals surface area contributed by atoms with Gasteiger partial charge in [-0.05, 0) is 37.0 Å². The van der Waals surface area contributed by atoms with Crippen LogP contribution in [0.4, 0.5) is 0 Å². The molecule has 3 nitrogen and oxygen atoms in total. The van der Waals surface area contributed by atoms with Crippen molar-refractivity contribution in [2.24, 2.45) is 5.73 Å². The van der Waals surface area contributed by atoms with Gasteiger partial charge in [-0.2, -0.15) is 0 Å². The number of nitrogens with two attached hydrogens (primary N) is 1. The van der Waals surface area contributed by atoms with Gasteiger partial charge in [-0.3, -0.25) is 0 Å². The molecule has 94 valence electrons. The van der Waals surface area contributed by atoms with Crippen LogP contribution in [-0.2, 0) is 11.3 Å². The first-order chi connectivity index (χ1) is 8.38. The van der Waals surface area contributed by atoms with E-state index >= 15 is 0 Å². The average molecular weight is 235 g/mol. The Balaban J connectivity index is 1.60. The summed E-state index contributed by atoms with van der Waals surface area (Å²) in [6, 6.07) is 7.94. The highest BCUT2D eigenvalue weighted by atomic mass is 16.5. The lowest BCUT2D eigenvalue weighted by Gasteiger charge is -2.25. The van der Waals surface area contributed by atoms with Crippen LogP contribution >= 0.6 is 0 Å². The maximum absolute atomic E-state index is 5.66. The zero-order valence-electron chi connectivity index (χ0n) is 10.2. The summed E-state index contributed by atoms with van der Waals surface area (Å²) in [4.78, 5) is 0. The minimum Gasteiger partial charge on any atom is -0.493 e. The maximum atomic E-state index is 5.66. The van der Waals surface area contributed by atoms with Gasteiger partial charge in [0, 0.05) is 13.0 Å². The third kappa shape index (κ3) is 4.02. The summed E-state index contributed by atoms with van der Waals surface area (Å²) < 4.78 is 11.3. The molecule has 0 radical (unpaired) electrons. The second kappa shape index (κ2) is 6.62. The lowest BCUT2D eigenvalue weighted by atomic mass is 9.96. The highest BCUT2D eigenvalue weighted by Crippen LogP contribution is 2.21. The monoisotopic (exact) mass is 235 g/mol. The van der Waals surface area contributed by atoms with Crippen LogP contribution in [0.5, 0.6) is 5.75 Å². The van der Waals surface area contributed by atoms with Crippen LogP contribution in [0.15, 0.2) is 24.3 Å². The zero-order valence-corrected chi connectivity index (χ0v) is 10.2. The Kier molecular flexibility index (Phi) is 4.83. The molecule has 2 N–H and O–H groups in total. The van der Waals surface area contributed by atoms with Crippen LogP contribution in [0.2, 0.25) is 0 Å². The second-order valence-corrected chi connectivity index (χ2v) is 4.48. The maximum Gasteiger partial charge on any atom is 0.119 e. The van der Waals surface area contributed by atoms with Gasteiger partial charge in [0.2, 0.25) is 0 Å². The summed E-state index contributed by atoms with van der Waals surface area (Å²) in [7, 11) is 0. The smallest absolute Gasteiger partial charge is 0.119 e. The van der Waals surface area contributed by atoms with Crippen molar-refractivity contribution in [2.45, 2.75) is 38.3 Å². The van der Waals surface area contributed by atoms with Crippen LogP contribution in [0.1, 0.15) is 31.2 Å². The summed E-state index contributed by atoms with van der Waals surface area (Å²) in [5, 5.41) is 0. The molecule has 0 spiro atoms. The van der Waals surface area contributed by atoms with E-state index in [1.165, 1.54) is 19.3 Å². The van der Waals surface area contributed by atoms with E-state index in [-0.39, 0.29) is 0 Å². The third-order valence-corrected chi connectivity index (χ3v) is 3.10. The molecule has 0 aliphatic heterocycles. The van der Waals surface area contributed by atoms with Crippen molar-refractivity contribution in [1.82, 2.24) is 0 Å². The van der Waals surface area contributed by atoms with E-state index in [4.69, 9.17) is 15.2 Å². The number of ether oxygens (including phenoxy) is 2. The molecule has 1 aliphatic carbocycles. The fraction of sp³-hybridized carbons (Fsp3) is 0.571. The summed E-state index contributed by atoms with van der Waals surface area (Å²) in [6.45, 7) is 2.07. The molecule has 0 bridgehead atoms. The number of rotatable bonds is 7. The minimum absolute atomic E-state index is 0.524. The standard InChI is InChI=1S/C14H21NO2/c15-11-12-4-1-7-14(10-12)17-9-3-8-16-13-5-2-6-13/h1,4,7,10,13H,2-3,5-6,8-9,11,15H2. The molecule has 0 aromatic heterocycles. The van der Waals surface area contributed by atoms with Gasteiger partial charge in [0.05, 0.1) is 19.3 Å². The lowest BCUT2D eigenvalue weighted by molar-refractivity contribution is -0.00223. The fourth-order valence-corrected chi connectivity index (χ4v) is 1.80. The normalized spacial score (nSPS) is 15.6. The first kappa shape index (κ1) is 12.4. The summed E-state index contributed by atoms with van der Waals surface area (Å²) in [5.41, 5.74) is 6.68. The van der Waals surface area contributed by atoms with E-state index in [1.807, 2.05) is 24.3 Å². The van der Waals surface area contributed by atoms with E-state index in [0.29, 0.717) is 19.3 Å². The Morgan fingerprint density at radius 2 is 2.12 bits per heavy atom. The molecule has 1 saturated carbocycles. The molecule has 0 saturated heterocycles. The first-order valence-electron chi connectivity index (χ1n) is 6.42. The van der Waals surface area contributed by atoms with Crippen molar-refractivity contribution in [3.8, 4) is 5.75 Å². The molecule has 17 heavy (non-hydrogen) atoms. The van der Waals surface area contributed by atoms with Crippen molar-refractivity contribution in [3.05, 3.63) is 29.8 Å². The molecule has 1 aliphatic rings. The second-order valence-electron chi connectivity index (χ2n) is 4.48. The van der Waals surface area contributed by atoms with Gasteiger partial charge >= 0.3 is 0 Å². The topological polar surface area (TPSA) is 44.5 Å². The molecule has 1 aromatic carbocycles. The van der Waals surface area contributed by atoms with Crippen molar-refractivity contribution in [3.63, 3.8) is 0 Å². The molecule has 2 rings (SSSR count). The number of hydrogen-bond acceptors (Lipinski definition) is 3. The predicted molar refractivity (Wildman–Crippen MR) is 68.0 cm³/mol. The van der Waals surface area contributed by atoms with Gasteiger partial charge in [-0.1, -0.05) is 12.1 Å². The van der Waals surface area contributed by atoms with Gasteiger partial charge in [-0.25, -0.2) is 0 Å². The molecule has 3 heteroatoms. The highest BCUT2D eigenvalue weighted by molar-refractivity contribution is 5.28. The third-order valence-electron chi connectivity index (χ3n) is 3.10. The molecule has 0 amide bonds. The summed E-state index contributed by atoms with van der Waals surface area (Å²) in [5.74, 6) is 0.900. The van der Waals surface area contributed by atoms with Gasteiger partial charge in [-0.15, -0.1) is 0 Å². The van der Waals surface area contributed by atoms with Crippen LogP contribution in [-0.4, -0.2) is 19.3 Å². The van der Waals surface area contributed by atoms with E-state index in [2.05, 4.69) is 0 Å². The van der Waals surface area contributed by atoms with E-state index in [0.717, 1.165) is 24.3 Å². The Morgan fingerprint density at radius 1 is 1.24 bits per heavy atom. The molecule has 0 heterocycles. The Bertz CT molecular complexity index is 337. The Labute approximate surface area is 103 Å². The molecular weight excluding hydrogens is 214 g/mol. The van der Waals surface area contributed by atoms with Gasteiger partial charge in [0.1, 0.15) is 5.75 Å². The Hall–Kier alpha value is -1.06. The molecule has 1 fully saturated rings. The quantitative estimate of drug-likeness (QED) is 0.738. The number of hydrogen-bond donors (Lipinski definition) is 1. The van der Waals surface area contributed by atoms with Gasteiger partial charge in [0.15, 0.2) is 0 Å². The van der Waals surface area contributed by atoms with Crippen LogP contribution in [0, 0.1) is 0 Å². The van der Waals surface area contributed by atoms with Crippen molar-refractivity contribution < 1.29 is 9.47 Å². The van der Waals surface area contributed by atoms with Crippen LogP contribution in [0.25, 0.3) is 0 Å². The van der Waals surface area contributed by atoms with Crippen molar-refractivity contribution in [1.29, 1.82) is 0 Å². The molecule has 1 aromatic rings.